The van der Waals surface area contributed by atoms with Crippen molar-refractivity contribution in [3.8, 4) is 17.2 Å². The van der Waals surface area contributed by atoms with Crippen molar-refractivity contribution in [2.45, 2.75) is 45.8 Å². The molecule has 0 fully saturated rings. The van der Waals surface area contributed by atoms with Gasteiger partial charge in [0.15, 0.2) is 11.5 Å². The van der Waals surface area contributed by atoms with Crippen LogP contribution in [0.1, 0.15) is 32.8 Å². The van der Waals surface area contributed by atoms with Crippen molar-refractivity contribution in [2.75, 3.05) is 38.4 Å². The number of anilines is 1. The predicted octanol–water partition coefficient (Wildman–Crippen LogP) is 2.81. The number of ether oxygens (including phenoxy) is 3. The number of hydrogen-bond acceptors (Lipinski definition) is 7. The van der Waals surface area contributed by atoms with Crippen molar-refractivity contribution >= 4 is 27.5 Å². The molecule has 2 aromatic carbocycles. The molecule has 0 aliphatic rings. The minimum absolute atomic E-state index is 0.0869. The first-order valence-electron chi connectivity index (χ1n) is 11.9. The van der Waals surface area contributed by atoms with Gasteiger partial charge < -0.3 is 24.4 Å². The second-order valence-corrected chi connectivity index (χ2v) is 10.7. The van der Waals surface area contributed by atoms with Crippen LogP contribution in [0.25, 0.3) is 0 Å². The number of benzene rings is 2. The van der Waals surface area contributed by atoms with Gasteiger partial charge in [0, 0.05) is 18.7 Å². The van der Waals surface area contributed by atoms with Crippen LogP contribution in [0.4, 0.5) is 5.69 Å². The van der Waals surface area contributed by atoms with E-state index in [0.29, 0.717) is 23.7 Å². The summed E-state index contributed by atoms with van der Waals surface area (Å²) in [6, 6.07) is 10.8. The number of nitrogens with one attached hydrogen (secondary N) is 1. The Hall–Kier alpha value is -3.47. The molecule has 0 bridgehead atoms. The van der Waals surface area contributed by atoms with Crippen LogP contribution in [0.2, 0.25) is 0 Å². The quantitative estimate of drug-likeness (QED) is 0.419. The summed E-state index contributed by atoms with van der Waals surface area (Å²) in [5.41, 5.74) is 0.968. The fourth-order valence-electron chi connectivity index (χ4n) is 3.86. The SMILES string of the molecule is CCC(C(=O)NC(C)C)N(Cc1cccc(OC)c1)C(=O)CN(c1ccc(OC)c(OC)c1)S(C)(=O)=O. The maximum atomic E-state index is 13.8. The average Bonchev–Trinajstić information content (AvgIpc) is 2.85. The molecule has 11 heteroatoms. The van der Waals surface area contributed by atoms with Gasteiger partial charge in [-0.25, -0.2) is 8.42 Å². The fourth-order valence-corrected chi connectivity index (χ4v) is 4.70. The summed E-state index contributed by atoms with van der Waals surface area (Å²) in [7, 11) is 0.573. The van der Waals surface area contributed by atoms with Crippen LogP contribution < -0.4 is 23.8 Å². The summed E-state index contributed by atoms with van der Waals surface area (Å²) in [4.78, 5) is 28.2. The highest BCUT2D eigenvalue weighted by Crippen LogP contribution is 2.32. The molecule has 10 nitrogen and oxygen atoms in total. The molecule has 0 saturated carbocycles. The van der Waals surface area contributed by atoms with Gasteiger partial charge in [0.2, 0.25) is 21.8 Å². The van der Waals surface area contributed by atoms with E-state index in [1.54, 1.807) is 38.3 Å². The number of methoxy groups -OCH3 is 3. The van der Waals surface area contributed by atoms with Gasteiger partial charge in [0.1, 0.15) is 18.3 Å². The second kappa shape index (κ2) is 13.2. The Morgan fingerprint density at radius 1 is 0.973 bits per heavy atom. The van der Waals surface area contributed by atoms with Crippen LogP contribution in [0.3, 0.4) is 0 Å². The van der Waals surface area contributed by atoms with Crippen molar-refractivity contribution in [3.05, 3.63) is 48.0 Å². The van der Waals surface area contributed by atoms with Crippen molar-refractivity contribution in [1.29, 1.82) is 0 Å². The average molecular weight is 536 g/mol. The minimum atomic E-state index is -3.88. The maximum absolute atomic E-state index is 13.8. The number of rotatable bonds is 13. The van der Waals surface area contributed by atoms with Crippen LogP contribution in [0, 0.1) is 0 Å². The maximum Gasteiger partial charge on any atom is 0.244 e. The lowest BCUT2D eigenvalue weighted by molar-refractivity contribution is -0.140. The molecule has 0 saturated heterocycles. The zero-order valence-corrected chi connectivity index (χ0v) is 23.3. The second-order valence-electron chi connectivity index (χ2n) is 8.77. The fraction of sp³-hybridized carbons (Fsp3) is 0.462. The molecule has 0 heterocycles. The highest BCUT2D eigenvalue weighted by molar-refractivity contribution is 7.92. The van der Waals surface area contributed by atoms with Gasteiger partial charge in [0.25, 0.3) is 0 Å². The molecular weight excluding hydrogens is 498 g/mol. The first kappa shape index (κ1) is 29.8. The van der Waals surface area contributed by atoms with Gasteiger partial charge in [-0.3, -0.25) is 13.9 Å². The number of amides is 2. The predicted molar refractivity (Wildman–Crippen MR) is 143 cm³/mol. The van der Waals surface area contributed by atoms with Crippen LogP contribution in [-0.4, -0.2) is 71.3 Å². The number of nitrogens with zero attached hydrogens (tertiary/aromatic N) is 2. The van der Waals surface area contributed by atoms with E-state index >= 15 is 0 Å². The van der Waals surface area contributed by atoms with Gasteiger partial charge in [-0.05, 0) is 50.1 Å². The summed E-state index contributed by atoms with van der Waals surface area (Å²) < 4.78 is 42.4. The molecular formula is C26H37N3O7S. The molecule has 1 N–H and O–H groups in total. The minimum Gasteiger partial charge on any atom is -0.497 e. The van der Waals surface area contributed by atoms with Crippen molar-refractivity contribution in [2.24, 2.45) is 0 Å². The summed E-state index contributed by atoms with van der Waals surface area (Å²) in [5, 5.41) is 2.86. The zero-order chi connectivity index (χ0) is 27.8. The molecule has 1 unspecified atom stereocenters. The van der Waals surface area contributed by atoms with E-state index in [0.717, 1.165) is 16.1 Å². The summed E-state index contributed by atoms with van der Waals surface area (Å²) in [6.45, 7) is 5.05. The summed E-state index contributed by atoms with van der Waals surface area (Å²) in [6.07, 6.45) is 1.36. The van der Waals surface area contributed by atoms with Crippen LogP contribution in [0.5, 0.6) is 17.2 Å². The Balaban J connectivity index is 2.50. The Bertz CT molecular complexity index is 1180. The summed E-state index contributed by atoms with van der Waals surface area (Å²) in [5.74, 6) is 0.492. The monoisotopic (exact) mass is 535 g/mol. The molecule has 2 amide bonds. The highest BCUT2D eigenvalue weighted by atomic mass is 32.2. The first-order valence-corrected chi connectivity index (χ1v) is 13.7. The van der Waals surface area contributed by atoms with E-state index in [4.69, 9.17) is 14.2 Å². The van der Waals surface area contributed by atoms with E-state index in [2.05, 4.69) is 5.32 Å². The topological polar surface area (TPSA) is 114 Å². The van der Waals surface area contributed by atoms with Gasteiger partial charge in [-0.2, -0.15) is 0 Å². The Labute approximate surface area is 219 Å². The number of carbonyl (C=O) groups excluding carboxylic acids is 2. The molecule has 204 valence electrons. The Morgan fingerprint density at radius 2 is 1.65 bits per heavy atom. The van der Waals surface area contributed by atoms with Crippen molar-refractivity contribution in [3.63, 3.8) is 0 Å². The standard InChI is InChI=1S/C26H37N3O7S/c1-8-22(26(31)27-18(2)3)28(16-19-10-9-11-21(14-19)34-4)25(30)17-29(37(7,32)33)20-12-13-23(35-5)24(15-20)36-6/h9-15,18,22H,8,16-17H2,1-7H3,(H,27,31). The van der Waals surface area contributed by atoms with Crippen LogP contribution >= 0.6 is 0 Å². The molecule has 2 aromatic rings. The molecule has 0 radical (unpaired) electrons. The molecule has 0 spiro atoms. The number of hydrogen-bond donors (Lipinski definition) is 1. The molecule has 0 aliphatic carbocycles. The van der Waals surface area contributed by atoms with E-state index in [-0.39, 0.29) is 24.2 Å². The van der Waals surface area contributed by atoms with Crippen molar-refractivity contribution in [1.82, 2.24) is 10.2 Å². The summed E-state index contributed by atoms with van der Waals surface area (Å²) >= 11 is 0. The lowest BCUT2D eigenvalue weighted by Crippen LogP contribution is -2.53. The number of sulfonamides is 1. The smallest absolute Gasteiger partial charge is 0.244 e. The molecule has 1 atom stereocenters. The molecule has 0 aliphatic heterocycles. The van der Waals surface area contributed by atoms with Gasteiger partial charge in [-0.1, -0.05) is 19.1 Å². The third-order valence-electron chi connectivity index (χ3n) is 5.64. The third-order valence-corrected chi connectivity index (χ3v) is 6.78. The van der Waals surface area contributed by atoms with E-state index in [1.807, 2.05) is 19.9 Å². The highest BCUT2D eigenvalue weighted by Gasteiger charge is 2.32. The number of carbonyl (C=O) groups is 2. The lowest BCUT2D eigenvalue weighted by Gasteiger charge is -2.33. The van der Waals surface area contributed by atoms with E-state index in [9.17, 15) is 18.0 Å². The van der Waals surface area contributed by atoms with Crippen LogP contribution in [-0.2, 0) is 26.2 Å². The third kappa shape index (κ3) is 8.01. The van der Waals surface area contributed by atoms with Gasteiger partial charge >= 0.3 is 0 Å². The normalized spacial score (nSPS) is 12.0. The van der Waals surface area contributed by atoms with Gasteiger partial charge in [0.05, 0.1) is 33.3 Å². The van der Waals surface area contributed by atoms with E-state index in [1.165, 1.54) is 31.3 Å². The van der Waals surface area contributed by atoms with Crippen LogP contribution in [0.15, 0.2) is 42.5 Å². The van der Waals surface area contributed by atoms with Crippen molar-refractivity contribution < 1.29 is 32.2 Å². The van der Waals surface area contributed by atoms with E-state index < -0.39 is 28.5 Å². The Kier molecular flexibility index (Phi) is 10.6. The van der Waals surface area contributed by atoms with Gasteiger partial charge in [-0.15, -0.1) is 0 Å². The lowest BCUT2D eigenvalue weighted by atomic mass is 10.1. The largest absolute Gasteiger partial charge is 0.497 e. The molecule has 37 heavy (non-hydrogen) atoms. The molecule has 2 rings (SSSR count). The first-order chi connectivity index (χ1) is 17.4. The Morgan fingerprint density at radius 3 is 2.19 bits per heavy atom. The molecule has 0 aromatic heterocycles. The zero-order valence-electron chi connectivity index (χ0n) is 22.5.